The van der Waals surface area contributed by atoms with E-state index in [0.29, 0.717) is 47.2 Å². The maximum absolute atomic E-state index is 14.6. The smallest absolute Gasteiger partial charge is 0.222 e. The van der Waals surface area contributed by atoms with Gasteiger partial charge in [0.1, 0.15) is 17.4 Å². The summed E-state index contributed by atoms with van der Waals surface area (Å²) in [4.78, 5) is 18.3. The van der Waals surface area contributed by atoms with Crippen molar-refractivity contribution in [1.29, 1.82) is 0 Å². The van der Waals surface area contributed by atoms with Gasteiger partial charge in [0, 0.05) is 41.7 Å². The van der Waals surface area contributed by atoms with Crippen LogP contribution in [0, 0.1) is 5.82 Å². The zero-order chi connectivity index (χ0) is 22.7. The van der Waals surface area contributed by atoms with Gasteiger partial charge in [0.15, 0.2) is 0 Å². The van der Waals surface area contributed by atoms with Crippen LogP contribution in [-0.2, 0) is 4.79 Å². The van der Waals surface area contributed by atoms with Crippen LogP contribution in [0.15, 0.2) is 53.0 Å². The molecule has 1 fully saturated rings. The summed E-state index contributed by atoms with van der Waals surface area (Å²) in [5, 5.41) is 14.0. The van der Waals surface area contributed by atoms with Gasteiger partial charge in [-0.2, -0.15) is 0 Å². The van der Waals surface area contributed by atoms with Gasteiger partial charge in [0.05, 0.1) is 10.7 Å². The number of amides is 1. The number of pyridine rings is 1. The van der Waals surface area contributed by atoms with Crippen LogP contribution >= 0.6 is 27.5 Å². The molecule has 1 aromatic heterocycles. The standard InChI is InChI=1S/C24H22BrClFN3O2/c25-16-7-8-21(31)17(14-16)20-12-15(24-18(26)4-1-5-19(24)27)13-22(29-20)28-9-3-11-30-10-2-6-23(30)32/h1,4-5,7-8,12-14,31H,2-3,6,9-11H2,(H,28,29). The quantitative estimate of drug-likeness (QED) is 0.371. The van der Waals surface area contributed by atoms with Crippen molar-refractivity contribution in [1.82, 2.24) is 9.88 Å². The third-order valence-corrected chi connectivity index (χ3v) is 6.20. The largest absolute Gasteiger partial charge is 0.507 e. The van der Waals surface area contributed by atoms with E-state index in [4.69, 9.17) is 11.6 Å². The molecule has 8 heteroatoms. The minimum absolute atomic E-state index is 0.0657. The van der Waals surface area contributed by atoms with Crippen LogP contribution in [0.4, 0.5) is 10.2 Å². The second kappa shape index (κ2) is 9.88. The minimum Gasteiger partial charge on any atom is -0.507 e. The second-order valence-electron chi connectivity index (χ2n) is 7.65. The van der Waals surface area contributed by atoms with Crippen LogP contribution in [0.3, 0.4) is 0 Å². The van der Waals surface area contributed by atoms with Crippen molar-refractivity contribution in [2.45, 2.75) is 19.3 Å². The number of carbonyl (C=O) groups is 1. The summed E-state index contributed by atoms with van der Waals surface area (Å²) in [5.41, 5.74) is 1.82. The fourth-order valence-corrected chi connectivity index (χ4v) is 4.45. The molecule has 4 rings (SSSR count). The Labute approximate surface area is 199 Å². The average Bonchev–Trinajstić information content (AvgIpc) is 3.17. The molecule has 2 N–H and O–H groups in total. The summed E-state index contributed by atoms with van der Waals surface area (Å²) in [6, 6.07) is 13.1. The van der Waals surface area contributed by atoms with Crippen LogP contribution in [0.25, 0.3) is 22.4 Å². The molecule has 3 aromatic rings. The normalized spacial score (nSPS) is 13.6. The number of rotatable bonds is 7. The molecule has 1 saturated heterocycles. The van der Waals surface area contributed by atoms with Gasteiger partial charge in [-0.1, -0.05) is 33.6 Å². The number of nitrogens with zero attached hydrogens (tertiary/aromatic N) is 2. The van der Waals surface area contributed by atoms with Gasteiger partial charge >= 0.3 is 0 Å². The lowest BCUT2D eigenvalue weighted by atomic mass is 10.0. The fraction of sp³-hybridized carbons (Fsp3) is 0.250. The number of halogens is 3. The molecule has 2 aromatic carbocycles. The monoisotopic (exact) mass is 517 g/mol. The zero-order valence-electron chi connectivity index (χ0n) is 17.2. The molecule has 5 nitrogen and oxygen atoms in total. The molecule has 0 atom stereocenters. The van der Waals surface area contributed by atoms with E-state index in [0.717, 1.165) is 23.9 Å². The van der Waals surface area contributed by atoms with Gasteiger partial charge in [-0.15, -0.1) is 0 Å². The zero-order valence-corrected chi connectivity index (χ0v) is 19.6. The van der Waals surface area contributed by atoms with Gasteiger partial charge < -0.3 is 15.3 Å². The maximum Gasteiger partial charge on any atom is 0.222 e. The van der Waals surface area contributed by atoms with Crippen molar-refractivity contribution in [2.24, 2.45) is 0 Å². The Morgan fingerprint density at radius 2 is 2.06 bits per heavy atom. The first-order chi connectivity index (χ1) is 15.4. The highest BCUT2D eigenvalue weighted by atomic mass is 79.9. The number of anilines is 1. The molecule has 32 heavy (non-hydrogen) atoms. The maximum atomic E-state index is 14.6. The first kappa shape index (κ1) is 22.6. The summed E-state index contributed by atoms with van der Waals surface area (Å²) in [6.07, 6.45) is 2.30. The highest BCUT2D eigenvalue weighted by Crippen LogP contribution is 2.37. The van der Waals surface area contributed by atoms with Crippen LogP contribution in [0.1, 0.15) is 19.3 Å². The highest BCUT2D eigenvalue weighted by molar-refractivity contribution is 9.10. The number of carbonyl (C=O) groups excluding carboxylic acids is 1. The summed E-state index contributed by atoms with van der Waals surface area (Å²) in [5.74, 6) is 0.360. The average molecular weight is 519 g/mol. The van der Waals surface area contributed by atoms with Gasteiger partial charge in [-0.05, 0) is 60.9 Å². The third kappa shape index (κ3) is 5.05. The number of aromatic nitrogens is 1. The molecule has 0 unspecified atom stereocenters. The number of phenols is 1. The fourth-order valence-electron chi connectivity index (χ4n) is 3.82. The predicted molar refractivity (Wildman–Crippen MR) is 128 cm³/mol. The van der Waals surface area contributed by atoms with E-state index < -0.39 is 5.82 Å². The number of hydrogen-bond donors (Lipinski definition) is 2. The Hall–Kier alpha value is -2.64. The van der Waals surface area contributed by atoms with E-state index in [1.165, 1.54) is 6.07 Å². The number of benzene rings is 2. The van der Waals surface area contributed by atoms with Crippen molar-refractivity contribution < 1.29 is 14.3 Å². The molecule has 1 aliphatic rings. The molecule has 0 radical (unpaired) electrons. The van der Waals surface area contributed by atoms with E-state index >= 15 is 0 Å². The lowest BCUT2D eigenvalue weighted by molar-refractivity contribution is -0.127. The first-order valence-electron chi connectivity index (χ1n) is 10.4. The molecular formula is C24H22BrClFN3O2. The van der Waals surface area contributed by atoms with Crippen LogP contribution < -0.4 is 5.32 Å². The lowest BCUT2D eigenvalue weighted by Gasteiger charge is -2.16. The molecule has 0 spiro atoms. The molecule has 0 aliphatic carbocycles. The van der Waals surface area contributed by atoms with E-state index in [9.17, 15) is 14.3 Å². The van der Waals surface area contributed by atoms with Gasteiger partial charge in [-0.25, -0.2) is 9.37 Å². The molecule has 1 aliphatic heterocycles. The minimum atomic E-state index is -0.438. The van der Waals surface area contributed by atoms with E-state index in [-0.39, 0.29) is 17.2 Å². The van der Waals surface area contributed by atoms with Crippen LogP contribution in [-0.4, -0.2) is 40.5 Å². The van der Waals surface area contributed by atoms with Crippen molar-refractivity contribution in [3.05, 3.63) is 63.8 Å². The Bertz CT molecular complexity index is 1140. The third-order valence-electron chi connectivity index (χ3n) is 5.39. The molecule has 166 valence electrons. The van der Waals surface area contributed by atoms with Gasteiger partial charge in [0.25, 0.3) is 0 Å². The predicted octanol–water partition coefficient (Wildman–Crippen LogP) is 6.10. The number of likely N-dealkylation sites (tertiary alicyclic amines) is 1. The van der Waals surface area contributed by atoms with E-state index in [1.807, 2.05) is 4.90 Å². The molecule has 1 amide bonds. The molecule has 0 saturated carbocycles. The lowest BCUT2D eigenvalue weighted by Crippen LogP contribution is -2.27. The van der Waals surface area contributed by atoms with Gasteiger partial charge in [-0.3, -0.25) is 4.79 Å². The molecule has 0 bridgehead atoms. The van der Waals surface area contributed by atoms with Crippen molar-refractivity contribution >= 4 is 39.3 Å². The summed E-state index contributed by atoms with van der Waals surface area (Å²) in [7, 11) is 0. The summed E-state index contributed by atoms with van der Waals surface area (Å²) < 4.78 is 15.4. The highest BCUT2D eigenvalue weighted by Gasteiger charge is 2.19. The van der Waals surface area contributed by atoms with Gasteiger partial charge in [0.2, 0.25) is 5.91 Å². The number of aromatic hydroxyl groups is 1. The number of phenolic OH excluding ortho intramolecular Hbond substituents is 1. The van der Waals surface area contributed by atoms with Crippen LogP contribution in [0.2, 0.25) is 5.02 Å². The first-order valence-corrected chi connectivity index (χ1v) is 11.6. The van der Waals surface area contributed by atoms with Crippen molar-refractivity contribution in [2.75, 3.05) is 25.0 Å². The van der Waals surface area contributed by atoms with E-state index in [2.05, 4.69) is 26.2 Å². The van der Waals surface area contributed by atoms with E-state index in [1.54, 1.807) is 42.5 Å². The van der Waals surface area contributed by atoms with Crippen LogP contribution in [0.5, 0.6) is 5.75 Å². The molecule has 2 heterocycles. The topological polar surface area (TPSA) is 65.5 Å². The number of hydrogen-bond acceptors (Lipinski definition) is 4. The Morgan fingerprint density at radius 3 is 2.81 bits per heavy atom. The Morgan fingerprint density at radius 1 is 1.22 bits per heavy atom. The Kier molecular flexibility index (Phi) is 6.96. The van der Waals surface area contributed by atoms with Crippen molar-refractivity contribution in [3.8, 4) is 28.1 Å². The van der Waals surface area contributed by atoms with Crippen molar-refractivity contribution in [3.63, 3.8) is 0 Å². The summed E-state index contributed by atoms with van der Waals surface area (Å²) in [6.45, 7) is 2.09. The number of nitrogens with one attached hydrogen (secondary N) is 1. The SMILES string of the molecule is O=C1CCCN1CCCNc1cc(-c2c(F)cccc2Cl)cc(-c2cc(Br)ccc2O)n1. The molecular weight excluding hydrogens is 497 g/mol. The Balaban J connectivity index is 1.64. The second-order valence-corrected chi connectivity index (χ2v) is 8.97. The summed E-state index contributed by atoms with van der Waals surface area (Å²) >= 11 is 9.73.